The number of aliphatic imine (C=N–C) groups is 1. The largest absolute Gasteiger partial charge is 0.496 e. The number of para-hydroxylation sites is 1. The predicted molar refractivity (Wildman–Crippen MR) is 132 cm³/mol. The number of unbranched alkanes of at least 4 members (excludes halogenated alkanes) is 1. The topological polar surface area (TPSA) is 58.1 Å². The fourth-order valence-electron chi connectivity index (χ4n) is 3.70. The first-order valence-electron chi connectivity index (χ1n) is 10.7. The number of rotatable bonds is 11. The van der Waals surface area contributed by atoms with E-state index in [-0.39, 0.29) is 30.0 Å². The number of ether oxygens (including phenoxy) is 2. The second kappa shape index (κ2) is 15.7. The van der Waals surface area contributed by atoms with Crippen molar-refractivity contribution < 1.29 is 9.47 Å². The van der Waals surface area contributed by atoms with E-state index in [2.05, 4.69) is 38.7 Å². The highest BCUT2D eigenvalue weighted by atomic mass is 127. The Bertz CT molecular complexity index is 580. The summed E-state index contributed by atoms with van der Waals surface area (Å²) in [6, 6.07) is 8.64. The van der Waals surface area contributed by atoms with Crippen molar-refractivity contribution in [2.24, 2.45) is 4.99 Å². The van der Waals surface area contributed by atoms with Crippen LogP contribution >= 0.6 is 24.0 Å². The Kier molecular flexibility index (Phi) is 14.1. The standard InChI is InChI=1S/C22H38N4O2.HI/c1-4-28-17-11-8-14-24-22(23-2)25-18-20(26-15-9-5-10-16-26)19-12-6-7-13-21(19)27-3;/h6-7,12-13,20H,4-5,8-11,14-18H2,1-3H3,(H2,23,24,25);1H. The van der Waals surface area contributed by atoms with Crippen LogP contribution in [0.1, 0.15) is 50.6 Å². The lowest BCUT2D eigenvalue weighted by Crippen LogP contribution is -2.44. The number of hydrogen-bond donors (Lipinski definition) is 2. The summed E-state index contributed by atoms with van der Waals surface area (Å²) in [6.45, 7) is 7.62. The first-order valence-corrected chi connectivity index (χ1v) is 10.7. The quantitative estimate of drug-likeness (QED) is 0.202. The van der Waals surface area contributed by atoms with Gasteiger partial charge in [0.05, 0.1) is 13.2 Å². The third-order valence-corrected chi connectivity index (χ3v) is 5.23. The Morgan fingerprint density at radius 2 is 1.90 bits per heavy atom. The zero-order chi connectivity index (χ0) is 20.0. The number of benzene rings is 1. The molecule has 1 unspecified atom stereocenters. The molecule has 0 saturated carbocycles. The Morgan fingerprint density at radius 3 is 2.59 bits per heavy atom. The molecule has 1 fully saturated rings. The molecule has 7 heteroatoms. The summed E-state index contributed by atoms with van der Waals surface area (Å²) in [7, 11) is 3.58. The van der Waals surface area contributed by atoms with E-state index in [1.807, 2.05) is 20.0 Å². The number of hydrogen-bond acceptors (Lipinski definition) is 4. The molecular formula is C22H39IN4O2. The van der Waals surface area contributed by atoms with Gasteiger partial charge < -0.3 is 20.1 Å². The molecule has 29 heavy (non-hydrogen) atoms. The summed E-state index contributed by atoms with van der Waals surface area (Å²) < 4.78 is 11.0. The molecule has 2 rings (SSSR count). The van der Waals surface area contributed by atoms with Crippen molar-refractivity contribution in [3.63, 3.8) is 0 Å². The fraction of sp³-hybridized carbons (Fsp3) is 0.682. The average Bonchev–Trinajstić information content (AvgIpc) is 2.75. The lowest BCUT2D eigenvalue weighted by atomic mass is 10.0. The van der Waals surface area contributed by atoms with Crippen molar-refractivity contribution in [2.75, 3.05) is 53.6 Å². The smallest absolute Gasteiger partial charge is 0.191 e. The molecule has 1 aromatic carbocycles. The molecule has 0 spiro atoms. The summed E-state index contributed by atoms with van der Waals surface area (Å²) in [5.41, 5.74) is 1.24. The third kappa shape index (κ3) is 9.09. The van der Waals surface area contributed by atoms with Gasteiger partial charge >= 0.3 is 0 Å². The van der Waals surface area contributed by atoms with Crippen molar-refractivity contribution in [1.29, 1.82) is 0 Å². The third-order valence-electron chi connectivity index (χ3n) is 5.23. The van der Waals surface area contributed by atoms with Crippen molar-refractivity contribution in [3.05, 3.63) is 29.8 Å². The molecule has 0 bridgehead atoms. The van der Waals surface area contributed by atoms with Gasteiger partial charge in [-0.1, -0.05) is 24.6 Å². The van der Waals surface area contributed by atoms with Crippen molar-refractivity contribution in [1.82, 2.24) is 15.5 Å². The van der Waals surface area contributed by atoms with Crippen LogP contribution in [0, 0.1) is 0 Å². The summed E-state index contributed by atoms with van der Waals surface area (Å²) in [4.78, 5) is 6.96. The molecule has 1 atom stereocenters. The summed E-state index contributed by atoms with van der Waals surface area (Å²) in [5.74, 6) is 1.81. The minimum atomic E-state index is 0. The van der Waals surface area contributed by atoms with Gasteiger partial charge in [-0.2, -0.15) is 0 Å². The zero-order valence-electron chi connectivity index (χ0n) is 18.3. The fourth-order valence-corrected chi connectivity index (χ4v) is 3.70. The number of halogens is 1. The second-order valence-corrected chi connectivity index (χ2v) is 7.14. The SMILES string of the molecule is CCOCCCCNC(=NC)NCC(c1ccccc1OC)N1CCCCC1.I. The van der Waals surface area contributed by atoms with E-state index < -0.39 is 0 Å². The van der Waals surface area contributed by atoms with Crippen LogP contribution in [0.3, 0.4) is 0 Å². The molecule has 0 aliphatic carbocycles. The molecule has 0 aromatic heterocycles. The van der Waals surface area contributed by atoms with Gasteiger partial charge in [0.25, 0.3) is 0 Å². The lowest BCUT2D eigenvalue weighted by molar-refractivity contribution is 0.143. The Hall–Kier alpha value is -1.06. The van der Waals surface area contributed by atoms with Gasteiger partial charge in [0.1, 0.15) is 5.75 Å². The zero-order valence-corrected chi connectivity index (χ0v) is 20.6. The highest BCUT2D eigenvalue weighted by Gasteiger charge is 2.25. The summed E-state index contributed by atoms with van der Waals surface area (Å²) in [5, 5.41) is 6.95. The number of methoxy groups -OCH3 is 1. The molecule has 1 heterocycles. The van der Waals surface area contributed by atoms with Gasteiger partial charge in [0.15, 0.2) is 5.96 Å². The summed E-state index contributed by atoms with van der Waals surface area (Å²) >= 11 is 0. The van der Waals surface area contributed by atoms with E-state index in [0.29, 0.717) is 0 Å². The Labute approximate surface area is 193 Å². The van der Waals surface area contributed by atoms with Gasteiger partial charge in [0.2, 0.25) is 0 Å². The number of nitrogens with one attached hydrogen (secondary N) is 2. The molecular weight excluding hydrogens is 479 g/mol. The Balaban J connectivity index is 0.00000420. The van der Waals surface area contributed by atoms with Crippen molar-refractivity contribution in [2.45, 2.75) is 45.1 Å². The van der Waals surface area contributed by atoms with Crippen LogP contribution in [0.2, 0.25) is 0 Å². The van der Waals surface area contributed by atoms with E-state index >= 15 is 0 Å². The van der Waals surface area contributed by atoms with Gasteiger partial charge in [-0.05, 0) is 51.8 Å². The minimum absolute atomic E-state index is 0. The number of guanidine groups is 1. The molecule has 166 valence electrons. The molecule has 0 amide bonds. The molecule has 1 aliphatic rings. The number of likely N-dealkylation sites (tertiary alicyclic amines) is 1. The predicted octanol–water partition coefficient (Wildman–Crippen LogP) is 3.82. The normalized spacial score (nSPS) is 16.0. The lowest BCUT2D eigenvalue weighted by Gasteiger charge is -2.35. The van der Waals surface area contributed by atoms with E-state index in [1.165, 1.54) is 24.8 Å². The van der Waals surface area contributed by atoms with Gasteiger partial charge in [-0.25, -0.2) is 0 Å². The van der Waals surface area contributed by atoms with Crippen molar-refractivity contribution >= 4 is 29.9 Å². The maximum Gasteiger partial charge on any atom is 0.191 e. The van der Waals surface area contributed by atoms with E-state index in [4.69, 9.17) is 9.47 Å². The molecule has 1 saturated heterocycles. The first-order chi connectivity index (χ1) is 13.8. The van der Waals surface area contributed by atoms with Crippen molar-refractivity contribution in [3.8, 4) is 5.75 Å². The molecule has 1 aromatic rings. The number of piperidine rings is 1. The minimum Gasteiger partial charge on any atom is -0.496 e. The maximum atomic E-state index is 5.65. The maximum absolute atomic E-state index is 5.65. The first kappa shape index (κ1) is 26.0. The summed E-state index contributed by atoms with van der Waals surface area (Å²) in [6.07, 6.45) is 5.99. The van der Waals surface area contributed by atoms with Crippen LogP contribution in [0.25, 0.3) is 0 Å². The van der Waals surface area contributed by atoms with Crippen LogP contribution in [-0.2, 0) is 4.74 Å². The highest BCUT2D eigenvalue weighted by Crippen LogP contribution is 2.30. The van der Waals surface area contributed by atoms with Crippen LogP contribution in [0.4, 0.5) is 0 Å². The molecule has 1 aliphatic heterocycles. The molecule has 2 N–H and O–H groups in total. The van der Waals surface area contributed by atoms with Gasteiger partial charge in [-0.15, -0.1) is 24.0 Å². The molecule has 0 radical (unpaired) electrons. The second-order valence-electron chi connectivity index (χ2n) is 7.14. The van der Waals surface area contributed by atoms with Crippen LogP contribution in [0.15, 0.2) is 29.3 Å². The van der Waals surface area contributed by atoms with E-state index in [0.717, 1.165) is 63.9 Å². The monoisotopic (exact) mass is 518 g/mol. The van der Waals surface area contributed by atoms with Gasteiger partial charge in [-0.3, -0.25) is 9.89 Å². The van der Waals surface area contributed by atoms with Crippen LogP contribution in [-0.4, -0.2) is 64.4 Å². The average molecular weight is 518 g/mol. The van der Waals surface area contributed by atoms with Crippen LogP contribution < -0.4 is 15.4 Å². The van der Waals surface area contributed by atoms with E-state index in [1.54, 1.807) is 7.11 Å². The Morgan fingerprint density at radius 1 is 1.14 bits per heavy atom. The van der Waals surface area contributed by atoms with Gasteiger partial charge in [0, 0.05) is 38.9 Å². The molecule has 6 nitrogen and oxygen atoms in total. The highest BCUT2D eigenvalue weighted by molar-refractivity contribution is 14.0. The number of nitrogens with zero attached hydrogens (tertiary/aromatic N) is 2. The van der Waals surface area contributed by atoms with E-state index in [9.17, 15) is 0 Å². The van der Waals surface area contributed by atoms with Crippen LogP contribution in [0.5, 0.6) is 5.75 Å².